The first kappa shape index (κ1) is 16.0. The number of carbonyl (C=O) groups excluding carboxylic acids is 1. The fourth-order valence-electron chi connectivity index (χ4n) is 3.32. The minimum atomic E-state index is -3.63. The van der Waals surface area contributed by atoms with Gasteiger partial charge in [-0.1, -0.05) is 6.07 Å². The van der Waals surface area contributed by atoms with E-state index in [0.717, 1.165) is 25.8 Å². The highest BCUT2D eigenvalue weighted by atomic mass is 32.2. The average Bonchev–Trinajstić information content (AvgIpc) is 3.01. The molecule has 3 rings (SSSR count). The summed E-state index contributed by atoms with van der Waals surface area (Å²) in [5.41, 5.74) is 0.328. The highest BCUT2D eigenvalue weighted by Crippen LogP contribution is 2.26. The van der Waals surface area contributed by atoms with Crippen LogP contribution in [-0.2, 0) is 14.8 Å². The predicted octanol–water partition coefficient (Wildman–Crippen LogP) is 1.33. The van der Waals surface area contributed by atoms with Crippen LogP contribution in [0.15, 0.2) is 29.2 Å². The number of carbonyl (C=O) groups is 1. The monoisotopic (exact) mass is 333 g/mol. The quantitative estimate of drug-likeness (QED) is 0.836. The smallest absolute Gasteiger partial charge is 0.243 e. The van der Waals surface area contributed by atoms with Gasteiger partial charge < -0.3 is 4.90 Å². The number of likely N-dealkylation sites (tertiary alicyclic amines) is 1. The molecular formula is C16H19N3O3S. The third-order valence-corrected chi connectivity index (χ3v) is 6.37. The molecule has 1 aromatic rings. The minimum absolute atomic E-state index is 0.0346. The van der Waals surface area contributed by atoms with Crippen LogP contribution in [0.2, 0.25) is 0 Å². The Hall–Kier alpha value is -1.91. The van der Waals surface area contributed by atoms with E-state index in [4.69, 9.17) is 5.26 Å². The molecule has 0 aliphatic carbocycles. The van der Waals surface area contributed by atoms with Crippen molar-refractivity contribution in [1.29, 1.82) is 5.26 Å². The van der Waals surface area contributed by atoms with Crippen molar-refractivity contribution in [2.75, 3.05) is 19.6 Å². The second-order valence-electron chi connectivity index (χ2n) is 5.99. The molecule has 1 unspecified atom stereocenters. The zero-order valence-corrected chi connectivity index (χ0v) is 13.6. The second-order valence-corrected chi connectivity index (χ2v) is 7.93. The van der Waals surface area contributed by atoms with E-state index in [2.05, 4.69) is 0 Å². The molecule has 1 amide bonds. The number of hydrogen-bond acceptors (Lipinski definition) is 4. The Morgan fingerprint density at radius 1 is 1.22 bits per heavy atom. The summed E-state index contributed by atoms with van der Waals surface area (Å²) in [6.07, 6.45) is 3.00. The molecule has 7 heteroatoms. The van der Waals surface area contributed by atoms with Crippen molar-refractivity contribution in [3.05, 3.63) is 29.8 Å². The minimum Gasteiger partial charge on any atom is -0.338 e. The lowest BCUT2D eigenvalue weighted by atomic mass is 10.1. The van der Waals surface area contributed by atoms with Gasteiger partial charge in [-0.3, -0.25) is 4.79 Å². The van der Waals surface area contributed by atoms with E-state index in [1.807, 2.05) is 11.0 Å². The third-order valence-electron chi connectivity index (χ3n) is 4.51. The summed E-state index contributed by atoms with van der Waals surface area (Å²) >= 11 is 0. The molecule has 2 fully saturated rings. The van der Waals surface area contributed by atoms with Crippen molar-refractivity contribution < 1.29 is 13.2 Å². The average molecular weight is 333 g/mol. The number of sulfonamides is 1. The number of benzene rings is 1. The van der Waals surface area contributed by atoms with E-state index in [1.54, 1.807) is 12.1 Å². The van der Waals surface area contributed by atoms with Crippen LogP contribution in [0.25, 0.3) is 0 Å². The van der Waals surface area contributed by atoms with Gasteiger partial charge in [-0.2, -0.15) is 9.57 Å². The Labute approximate surface area is 136 Å². The summed E-state index contributed by atoms with van der Waals surface area (Å²) < 4.78 is 27.1. The van der Waals surface area contributed by atoms with Crippen molar-refractivity contribution >= 4 is 15.9 Å². The van der Waals surface area contributed by atoms with Crippen molar-refractivity contribution in [1.82, 2.24) is 9.21 Å². The maximum Gasteiger partial charge on any atom is 0.243 e. The van der Waals surface area contributed by atoms with Gasteiger partial charge in [-0.15, -0.1) is 0 Å². The lowest BCUT2D eigenvalue weighted by molar-refractivity contribution is -0.130. The van der Waals surface area contributed by atoms with Crippen LogP contribution in [0.1, 0.15) is 31.2 Å². The molecule has 2 aliphatic rings. The summed E-state index contributed by atoms with van der Waals surface area (Å²) in [6.45, 7) is 1.52. The first-order valence-corrected chi connectivity index (χ1v) is 9.26. The Morgan fingerprint density at radius 2 is 2.04 bits per heavy atom. The maximum atomic E-state index is 12.8. The zero-order chi connectivity index (χ0) is 16.4. The lowest BCUT2D eigenvalue weighted by Gasteiger charge is -2.36. The standard InChI is InChI=1S/C16H19N3O3S/c17-11-13-4-1-6-15(10-13)23(21,22)18-8-2-5-14(12-18)19-9-3-7-16(19)20/h1,4,6,10,14H,2-3,5,7-9,12H2. The Morgan fingerprint density at radius 3 is 2.74 bits per heavy atom. The largest absolute Gasteiger partial charge is 0.338 e. The fraction of sp³-hybridized carbons (Fsp3) is 0.500. The van der Waals surface area contributed by atoms with Crippen molar-refractivity contribution in [2.45, 2.75) is 36.6 Å². The SMILES string of the molecule is N#Cc1cccc(S(=O)(=O)N2CCCC(N3CCCC3=O)C2)c1. The molecule has 2 saturated heterocycles. The molecule has 0 aromatic heterocycles. The Bertz CT molecular complexity index is 754. The molecule has 0 N–H and O–H groups in total. The maximum absolute atomic E-state index is 12.8. The van der Waals surface area contributed by atoms with Gasteiger partial charge in [0.1, 0.15) is 0 Å². The molecule has 2 heterocycles. The van der Waals surface area contributed by atoms with Crippen LogP contribution in [0.4, 0.5) is 0 Å². The normalized spacial score (nSPS) is 23.0. The summed E-state index contributed by atoms with van der Waals surface area (Å²) in [5, 5.41) is 8.95. The van der Waals surface area contributed by atoms with Crippen molar-refractivity contribution in [3.63, 3.8) is 0 Å². The van der Waals surface area contributed by atoms with Gasteiger partial charge in [0.25, 0.3) is 0 Å². The van der Waals surface area contributed by atoms with Crippen LogP contribution in [0.5, 0.6) is 0 Å². The van der Waals surface area contributed by atoms with Gasteiger partial charge in [-0.25, -0.2) is 8.42 Å². The second kappa shape index (κ2) is 6.30. The fourth-order valence-corrected chi connectivity index (χ4v) is 4.89. The number of hydrogen-bond donors (Lipinski definition) is 0. The molecular weight excluding hydrogens is 314 g/mol. The summed E-state index contributed by atoms with van der Waals surface area (Å²) in [5.74, 6) is 0.126. The first-order chi connectivity index (χ1) is 11.0. The number of amides is 1. The number of piperidine rings is 1. The molecule has 23 heavy (non-hydrogen) atoms. The van der Waals surface area contributed by atoms with Crippen LogP contribution in [0, 0.1) is 11.3 Å². The zero-order valence-electron chi connectivity index (χ0n) is 12.8. The number of nitrogens with zero attached hydrogens (tertiary/aromatic N) is 3. The van der Waals surface area contributed by atoms with E-state index in [-0.39, 0.29) is 16.8 Å². The predicted molar refractivity (Wildman–Crippen MR) is 83.9 cm³/mol. The van der Waals surface area contributed by atoms with Crippen molar-refractivity contribution in [3.8, 4) is 6.07 Å². The molecule has 6 nitrogen and oxygen atoms in total. The van der Waals surface area contributed by atoms with Gasteiger partial charge in [0.15, 0.2) is 0 Å². The molecule has 1 aromatic carbocycles. The summed E-state index contributed by atoms with van der Waals surface area (Å²) in [6, 6.07) is 8.01. The lowest BCUT2D eigenvalue weighted by Crippen LogP contribution is -2.50. The van der Waals surface area contributed by atoms with Crippen LogP contribution >= 0.6 is 0 Å². The van der Waals surface area contributed by atoms with Gasteiger partial charge in [0, 0.05) is 32.1 Å². The van der Waals surface area contributed by atoms with E-state index >= 15 is 0 Å². The highest BCUT2D eigenvalue weighted by molar-refractivity contribution is 7.89. The topological polar surface area (TPSA) is 81.5 Å². The summed E-state index contributed by atoms with van der Waals surface area (Å²) in [7, 11) is -3.63. The van der Waals surface area contributed by atoms with Gasteiger partial charge >= 0.3 is 0 Å². The Kier molecular flexibility index (Phi) is 4.37. The summed E-state index contributed by atoms with van der Waals surface area (Å²) in [4.78, 5) is 13.9. The molecule has 0 spiro atoms. The van der Waals surface area contributed by atoms with Crippen LogP contribution in [0.3, 0.4) is 0 Å². The van der Waals surface area contributed by atoms with Crippen LogP contribution < -0.4 is 0 Å². The van der Waals surface area contributed by atoms with Gasteiger partial charge in [0.2, 0.25) is 15.9 Å². The molecule has 2 aliphatic heterocycles. The van der Waals surface area contributed by atoms with E-state index in [9.17, 15) is 13.2 Å². The molecule has 122 valence electrons. The van der Waals surface area contributed by atoms with Gasteiger partial charge in [-0.05, 0) is 37.5 Å². The van der Waals surface area contributed by atoms with Crippen molar-refractivity contribution in [2.24, 2.45) is 0 Å². The van der Waals surface area contributed by atoms with E-state index in [1.165, 1.54) is 16.4 Å². The molecule has 0 bridgehead atoms. The molecule has 0 saturated carbocycles. The highest BCUT2D eigenvalue weighted by Gasteiger charge is 2.35. The molecule has 1 atom stereocenters. The number of rotatable bonds is 3. The van der Waals surface area contributed by atoms with E-state index < -0.39 is 10.0 Å². The van der Waals surface area contributed by atoms with Crippen LogP contribution in [-0.4, -0.2) is 49.2 Å². The molecule has 0 radical (unpaired) electrons. The Balaban J connectivity index is 1.82. The number of nitriles is 1. The third kappa shape index (κ3) is 3.09. The first-order valence-electron chi connectivity index (χ1n) is 7.82. The van der Waals surface area contributed by atoms with E-state index in [0.29, 0.717) is 25.1 Å². The van der Waals surface area contributed by atoms with Gasteiger partial charge in [0.05, 0.1) is 16.5 Å².